The Morgan fingerprint density at radius 1 is 1.07 bits per heavy atom. The van der Waals surface area contributed by atoms with Crippen LogP contribution >= 0.6 is 11.3 Å². The summed E-state index contributed by atoms with van der Waals surface area (Å²) < 4.78 is 11.0. The summed E-state index contributed by atoms with van der Waals surface area (Å²) in [4.78, 5) is 16.9. The van der Waals surface area contributed by atoms with Gasteiger partial charge >= 0.3 is 0 Å². The van der Waals surface area contributed by atoms with Crippen molar-refractivity contribution in [2.75, 3.05) is 11.9 Å². The molecule has 0 aliphatic heterocycles. The van der Waals surface area contributed by atoms with E-state index in [1.54, 1.807) is 24.3 Å². The molecule has 0 unspecified atom stereocenters. The molecule has 0 spiro atoms. The van der Waals surface area contributed by atoms with Gasteiger partial charge in [0.15, 0.2) is 5.13 Å². The molecular weight excluding hydrogens is 360 g/mol. The largest absolute Gasteiger partial charge is 0.494 e. The fourth-order valence-corrected chi connectivity index (χ4v) is 3.19. The van der Waals surface area contributed by atoms with Crippen LogP contribution in [0.2, 0.25) is 0 Å². The number of thiazole rings is 1. The van der Waals surface area contributed by atoms with Crippen LogP contribution in [-0.4, -0.2) is 23.6 Å². The van der Waals surface area contributed by atoms with E-state index in [0.29, 0.717) is 17.3 Å². The summed E-state index contributed by atoms with van der Waals surface area (Å²) in [6.45, 7) is 6.51. The van der Waals surface area contributed by atoms with Crippen molar-refractivity contribution in [1.29, 1.82) is 0 Å². The van der Waals surface area contributed by atoms with E-state index in [2.05, 4.69) is 10.3 Å². The molecule has 3 aromatic rings. The van der Waals surface area contributed by atoms with Crippen molar-refractivity contribution in [3.05, 3.63) is 59.5 Å². The first kappa shape index (κ1) is 18.9. The molecule has 0 saturated heterocycles. The Kier molecular flexibility index (Phi) is 6.08. The Morgan fingerprint density at radius 2 is 1.74 bits per heavy atom. The lowest BCUT2D eigenvalue weighted by Crippen LogP contribution is -2.12. The number of anilines is 1. The first-order valence-corrected chi connectivity index (χ1v) is 9.70. The molecule has 0 bridgehead atoms. The van der Waals surface area contributed by atoms with E-state index in [1.165, 1.54) is 11.3 Å². The Bertz CT molecular complexity index is 887. The van der Waals surface area contributed by atoms with Crippen molar-refractivity contribution in [2.24, 2.45) is 0 Å². The molecule has 0 aliphatic carbocycles. The molecule has 140 valence electrons. The highest BCUT2D eigenvalue weighted by atomic mass is 32.1. The summed E-state index contributed by atoms with van der Waals surface area (Å²) in [5.41, 5.74) is 2.35. The topological polar surface area (TPSA) is 60.5 Å². The molecule has 0 fully saturated rings. The van der Waals surface area contributed by atoms with Gasteiger partial charge in [-0.15, -0.1) is 11.3 Å². The summed E-state index contributed by atoms with van der Waals surface area (Å²) >= 11 is 1.39. The fraction of sp³-hybridized carbons (Fsp3) is 0.238. The van der Waals surface area contributed by atoms with Crippen LogP contribution < -0.4 is 14.8 Å². The third-order valence-corrected chi connectivity index (χ3v) is 4.43. The predicted octanol–water partition coefficient (Wildman–Crippen LogP) is 5.25. The minimum atomic E-state index is -0.196. The number of ether oxygens (including phenoxy) is 2. The third-order valence-electron chi connectivity index (χ3n) is 3.67. The van der Waals surface area contributed by atoms with E-state index < -0.39 is 0 Å². The van der Waals surface area contributed by atoms with Gasteiger partial charge < -0.3 is 9.47 Å². The highest BCUT2D eigenvalue weighted by Crippen LogP contribution is 2.27. The molecule has 3 rings (SSSR count). The van der Waals surface area contributed by atoms with Crippen LogP contribution in [0.3, 0.4) is 0 Å². The van der Waals surface area contributed by atoms with Gasteiger partial charge in [0.25, 0.3) is 5.91 Å². The molecule has 1 amide bonds. The molecule has 2 aromatic carbocycles. The number of hydrogen-bond acceptors (Lipinski definition) is 5. The average molecular weight is 382 g/mol. The lowest BCUT2D eigenvalue weighted by atomic mass is 10.2. The molecule has 0 aliphatic rings. The van der Waals surface area contributed by atoms with Crippen LogP contribution in [-0.2, 0) is 0 Å². The number of carbonyl (C=O) groups excluding carboxylic acids is 1. The zero-order chi connectivity index (χ0) is 19.2. The Morgan fingerprint density at radius 3 is 2.37 bits per heavy atom. The van der Waals surface area contributed by atoms with E-state index in [4.69, 9.17) is 9.47 Å². The quantitative estimate of drug-likeness (QED) is 0.606. The standard InChI is InChI=1S/C21H22N2O3S/c1-4-25-17-9-5-15(6-10-17)19-13-27-21(22-19)23-20(24)16-7-11-18(12-8-16)26-14(2)3/h5-14H,4H2,1-3H3,(H,22,23,24). The molecule has 5 nitrogen and oxygen atoms in total. The van der Waals surface area contributed by atoms with Crippen molar-refractivity contribution in [2.45, 2.75) is 26.9 Å². The number of nitrogens with one attached hydrogen (secondary N) is 1. The maximum Gasteiger partial charge on any atom is 0.257 e. The smallest absolute Gasteiger partial charge is 0.257 e. The second-order valence-corrected chi connectivity index (χ2v) is 7.00. The SMILES string of the molecule is CCOc1ccc(-c2csc(NC(=O)c3ccc(OC(C)C)cc3)n2)cc1. The molecule has 0 atom stereocenters. The second-order valence-electron chi connectivity index (χ2n) is 6.14. The molecule has 1 N–H and O–H groups in total. The summed E-state index contributed by atoms with van der Waals surface area (Å²) in [5, 5.41) is 5.33. The van der Waals surface area contributed by atoms with Gasteiger partial charge in [-0.25, -0.2) is 4.98 Å². The van der Waals surface area contributed by atoms with Crippen LogP contribution in [0.25, 0.3) is 11.3 Å². The number of hydrogen-bond donors (Lipinski definition) is 1. The van der Waals surface area contributed by atoms with Crippen molar-refractivity contribution in [1.82, 2.24) is 4.98 Å². The Labute approximate surface area is 163 Å². The summed E-state index contributed by atoms with van der Waals surface area (Å²) in [7, 11) is 0. The lowest BCUT2D eigenvalue weighted by Gasteiger charge is -2.09. The number of aromatic nitrogens is 1. The summed E-state index contributed by atoms with van der Waals surface area (Å²) in [5.74, 6) is 1.38. The minimum Gasteiger partial charge on any atom is -0.494 e. The number of benzene rings is 2. The van der Waals surface area contributed by atoms with Crippen LogP contribution in [0.5, 0.6) is 11.5 Å². The molecular formula is C21H22N2O3S. The van der Waals surface area contributed by atoms with Gasteiger partial charge in [0, 0.05) is 16.5 Å². The van der Waals surface area contributed by atoms with Crippen LogP contribution in [0.4, 0.5) is 5.13 Å². The maximum absolute atomic E-state index is 12.4. The Balaban J connectivity index is 1.65. The summed E-state index contributed by atoms with van der Waals surface area (Å²) in [6, 6.07) is 14.8. The lowest BCUT2D eigenvalue weighted by molar-refractivity contribution is 0.102. The zero-order valence-corrected chi connectivity index (χ0v) is 16.4. The molecule has 0 saturated carbocycles. The van der Waals surface area contributed by atoms with E-state index in [0.717, 1.165) is 22.8 Å². The zero-order valence-electron chi connectivity index (χ0n) is 15.6. The van der Waals surface area contributed by atoms with E-state index >= 15 is 0 Å². The van der Waals surface area contributed by atoms with Gasteiger partial charge in [-0.3, -0.25) is 10.1 Å². The highest BCUT2D eigenvalue weighted by molar-refractivity contribution is 7.14. The number of amides is 1. The molecule has 6 heteroatoms. The van der Waals surface area contributed by atoms with Gasteiger partial charge in [0.05, 0.1) is 18.4 Å². The monoisotopic (exact) mass is 382 g/mol. The third kappa shape index (κ3) is 5.08. The fourth-order valence-electron chi connectivity index (χ4n) is 2.48. The second kappa shape index (κ2) is 8.68. The van der Waals surface area contributed by atoms with Gasteiger partial charge in [-0.2, -0.15) is 0 Å². The minimum absolute atomic E-state index is 0.0982. The van der Waals surface area contributed by atoms with Crippen molar-refractivity contribution in [3.63, 3.8) is 0 Å². The van der Waals surface area contributed by atoms with Gasteiger partial charge in [0.2, 0.25) is 0 Å². The maximum atomic E-state index is 12.4. The first-order valence-electron chi connectivity index (χ1n) is 8.82. The molecule has 0 radical (unpaired) electrons. The van der Waals surface area contributed by atoms with Crippen molar-refractivity contribution >= 4 is 22.4 Å². The normalized spacial score (nSPS) is 10.7. The van der Waals surface area contributed by atoms with Crippen LogP contribution in [0, 0.1) is 0 Å². The number of nitrogens with zero attached hydrogens (tertiary/aromatic N) is 1. The first-order chi connectivity index (χ1) is 13.0. The van der Waals surface area contributed by atoms with Crippen LogP contribution in [0.15, 0.2) is 53.9 Å². The van der Waals surface area contributed by atoms with Crippen LogP contribution in [0.1, 0.15) is 31.1 Å². The molecule has 27 heavy (non-hydrogen) atoms. The van der Waals surface area contributed by atoms with E-state index in [9.17, 15) is 4.79 Å². The highest BCUT2D eigenvalue weighted by Gasteiger charge is 2.11. The Hall–Kier alpha value is -2.86. The number of carbonyl (C=O) groups is 1. The van der Waals surface area contributed by atoms with Crippen molar-refractivity contribution < 1.29 is 14.3 Å². The van der Waals surface area contributed by atoms with E-state index in [1.807, 2.05) is 50.4 Å². The van der Waals surface area contributed by atoms with Gasteiger partial charge in [-0.05, 0) is 69.3 Å². The number of rotatable bonds is 7. The predicted molar refractivity (Wildman–Crippen MR) is 109 cm³/mol. The van der Waals surface area contributed by atoms with Crippen molar-refractivity contribution in [3.8, 4) is 22.8 Å². The summed E-state index contributed by atoms with van der Waals surface area (Å²) in [6.07, 6.45) is 0.0982. The van der Waals surface area contributed by atoms with E-state index in [-0.39, 0.29) is 12.0 Å². The van der Waals surface area contributed by atoms with Gasteiger partial charge in [0.1, 0.15) is 11.5 Å². The molecule has 1 heterocycles. The molecule has 1 aromatic heterocycles. The van der Waals surface area contributed by atoms with Gasteiger partial charge in [-0.1, -0.05) is 0 Å². The average Bonchev–Trinajstić information content (AvgIpc) is 3.11.